The second kappa shape index (κ2) is 9.74. The van der Waals surface area contributed by atoms with Crippen LogP contribution in [0.4, 0.5) is 13.2 Å². The zero-order chi connectivity index (χ0) is 22.6. The minimum atomic E-state index is -4.55. The molecule has 1 aliphatic carbocycles. The van der Waals surface area contributed by atoms with E-state index in [-0.39, 0.29) is 39.5 Å². The number of hydrogen-bond acceptors (Lipinski definition) is 5. The molecule has 1 N–H and O–H groups in total. The first-order chi connectivity index (χ1) is 14.7. The van der Waals surface area contributed by atoms with E-state index in [4.69, 9.17) is 32.8 Å². The third-order valence-electron chi connectivity index (χ3n) is 4.40. The lowest BCUT2D eigenvalue weighted by Gasteiger charge is -2.14. The quantitative estimate of drug-likeness (QED) is 0.423. The van der Waals surface area contributed by atoms with E-state index in [1.165, 1.54) is 25.3 Å². The number of hydrogen-bond donors (Lipinski definition) is 1. The number of carbonyl (C=O) groups is 1. The molecule has 1 amide bonds. The number of nitrogens with one attached hydrogen (secondary N) is 1. The van der Waals surface area contributed by atoms with Crippen LogP contribution in [0.3, 0.4) is 0 Å². The molecule has 31 heavy (non-hydrogen) atoms. The summed E-state index contributed by atoms with van der Waals surface area (Å²) >= 11 is 12.0. The zero-order valence-corrected chi connectivity index (χ0v) is 17.8. The molecule has 0 bridgehead atoms. The van der Waals surface area contributed by atoms with Crippen LogP contribution in [0, 0.1) is 5.92 Å². The van der Waals surface area contributed by atoms with Gasteiger partial charge in [0, 0.05) is 17.7 Å². The van der Waals surface area contributed by atoms with Crippen LogP contribution in [0.25, 0.3) is 11.1 Å². The van der Waals surface area contributed by atoms with Gasteiger partial charge in [0.25, 0.3) is 5.91 Å². The van der Waals surface area contributed by atoms with Crippen molar-refractivity contribution >= 4 is 34.8 Å². The highest BCUT2D eigenvalue weighted by molar-refractivity contribution is 6.42. The van der Waals surface area contributed by atoms with Crippen LogP contribution in [-0.2, 0) is 4.84 Å². The fraction of sp³-hybridized carbons (Fsp3) is 0.350. The summed E-state index contributed by atoms with van der Waals surface area (Å²) in [6.45, 7) is -1.34. The SMILES string of the molecule is CO/N=C(/CNC(=O)c1cnc(OCC(F)(F)F)c(-c2ccc(Cl)c(Cl)c2)c1)C1CC1. The summed E-state index contributed by atoms with van der Waals surface area (Å²) in [7, 11) is 1.43. The monoisotopic (exact) mass is 475 g/mol. The molecule has 0 saturated heterocycles. The molecule has 0 aliphatic heterocycles. The normalized spacial score (nSPS) is 14.3. The molecule has 0 unspecified atom stereocenters. The number of oxime groups is 1. The molecule has 166 valence electrons. The summed E-state index contributed by atoms with van der Waals surface area (Å²) in [6, 6.07) is 5.88. The molecule has 3 rings (SSSR count). The van der Waals surface area contributed by atoms with Crippen LogP contribution in [0.15, 0.2) is 35.6 Å². The van der Waals surface area contributed by atoms with Gasteiger partial charge >= 0.3 is 6.18 Å². The van der Waals surface area contributed by atoms with E-state index in [0.29, 0.717) is 5.56 Å². The minimum absolute atomic E-state index is 0.132. The number of amides is 1. The fourth-order valence-corrected chi connectivity index (χ4v) is 3.07. The Labute approximate surface area is 186 Å². The summed E-state index contributed by atoms with van der Waals surface area (Å²) in [4.78, 5) is 21.3. The third kappa shape index (κ3) is 6.48. The number of carbonyl (C=O) groups excluding carboxylic acids is 1. The molecule has 1 saturated carbocycles. The van der Waals surface area contributed by atoms with E-state index in [2.05, 4.69) is 15.5 Å². The highest BCUT2D eigenvalue weighted by Gasteiger charge is 2.30. The first kappa shape index (κ1) is 23.1. The topological polar surface area (TPSA) is 72.8 Å². The molecular weight excluding hydrogens is 458 g/mol. The number of benzene rings is 1. The number of pyridine rings is 1. The van der Waals surface area contributed by atoms with Crippen LogP contribution >= 0.6 is 23.2 Å². The molecule has 6 nitrogen and oxygen atoms in total. The van der Waals surface area contributed by atoms with Crippen molar-refractivity contribution in [2.45, 2.75) is 19.0 Å². The predicted octanol–water partition coefficient (Wildman–Crippen LogP) is 5.14. The molecule has 0 radical (unpaired) electrons. The molecule has 1 aromatic carbocycles. The van der Waals surface area contributed by atoms with Crippen LogP contribution in [-0.4, -0.2) is 43.0 Å². The fourth-order valence-electron chi connectivity index (χ4n) is 2.77. The van der Waals surface area contributed by atoms with Gasteiger partial charge in [0.15, 0.2) is 6.61 Å². The number of aromatic nitrogens is 1. The Morgan fingerprint density at radius 2 is 2.00 bits per heavy atom. The van der Waals surface area contributed by atoms with E-state index in [1.807, 2.05) is 0 Å². The Balaban J connectivity index is 1.86. The van der Waals surface area contributed by atoms with Crippen molar-refractivity contribution in [1.29, 1.82) is 0 Å². The second-order valence-electron chi connectivity index (χ2n) is 6.83. The van der Waals surface area contributed by atoms with Crippen molar-refractivity contribution in [2.75, 3.05) is 20.3 Å². The molecule has 0 atom stereocenters. The number of ether oxygens (including phenoxy) is 1. The van der Waals surface area contributed by atoms with Gasteiger partial charge in [-0.1, -0.05) is 34.4 Å². The van der Waals surface area contributed by atoms with Gasteiger partial charge in [-0.25, -0.2) is 4.98 Å². The van der Waals surface area contributed by atoms with Gasteiger partial charge in [0.2, 0.25) is 5.88 Å². The van der Waals surface area contributed by atoms with E-state index >= 15 is 0 Å². The van der Waals surface area contributed by atoms with Crippen molar-refractivity contribution in [1.82, 2.24) is 10.3 Å². The Kier molecular flexibility index (Phi) is 7.27. The summed E-state index contributed by atoms with van der Waals surface area (Å²) in [6.07, 6.45) is -1.45. The van der Waals surface area contributed by atoms with E-state index in [1.54, 1.807) is 6.07 Å². The maximum Gasteiger partial charge on any atom is 0.422 e. The first-order valence-electron chi connectivity index (χ1n) is 9.21. The molecule has 2 aromatic rings. The maximum atomic E-state index is 12.6. The highest BCUT2D eigenvalue weighted by Crippen LogP contribution is 2.34. The maximum absolute atomic E-state index is 12.6. The second-order valence-corrected chi connectivity index (χ2v) is 7.65. The lowest BCUT2D eigenvalue weighted by atomic mass is 10.0. The van der Waals surface area contributed by atoms with Gasteiger partial charge in [-0.2, -0.15) is 13.2 Å². The van der Waals surface area contributed by atoms with Crippen molar-refractivity contribution in [3.8, 4) is 17.0 Å². The summed E-state index contributed by atoms with van der Waals surface area (Å²) in [5.41, 5.74) is 1.42. The molecular formula is C20H18Cl2F3N3O3. The average molecular weight is 476 g/mol. The number of halogens is 5. The van der Waals surface area contributed by atoms with Crippen molar-refractivity contribution in [3.63, 3.8) is 0 Å². The van der Waals surface area contributed by atoms with Crippen LogP contribution in [0.5, 0.6) is 5.88 Å². The lowest BCUT2D eigenvalue weighted by Crippen LogP contribution is -2.30. The van der Waals surface area contributed by atoms with E-state index < -0.39 is 18.7 Å². The largest absolute Gasteiger partial charge is 0.468 e. The minimum Gasteiger partial charge on any atom is -0.468 e. The number of alkyl halides is 3. The Hall–Kier alpha value is -2.52. The van der Waals surface area contributed by atoms with Gasteiger partial charge in [-0.15, -0.1) is 0 Å². The van der Waals surface area contributed by atoms with Gasteiger partial charge in [0.05, 0.1) is 27.9 Å². The Morgan fingerprint density at radius 3 is 2.61 bits per heavy atom. The van der Waals surface area contributed by atoms with Gasteiger partial charge < -0.3 is 14.9 Å². The number of rotatable bonds is 8. The van der Waals surface area contributed by atoms with Crippen LogP contribution < -0.4 is 10.1 Å². The van der Waals surface area contributed by atoms with Gasteiger partial charge in [0.1, 0.15) is 7.11 Å². The third-order valence-corrected chi connectivity index (χ3v) is 5.14. The Bertz CT molecular complexity index is 995. The molecule has 1 fully saturated rings. The molecule has 1 heterocycles. The lowest BCUT2D eigenvalue weighted by molar-refractivity contribution is -0.154. The molecule has 1 aromatic heterocycles. The van der Waals surface area contributed by atoms with Crippen molar-refractivity contribution < 1.29 is 27.5 Å². The van der Waals surface area contributed by atoms with Crippen LogP contribution in [0.1, 0.15) is 23.2 Å². The van der Waals surface area contributed by atoms with Crippen molar-refractivity contribution in [3.05, 3.63) is 46.1 Å². The van der Waals surface area contributed by atoms with Crippen LogP contribution in [0.2, 0.25) is 10.0 Å². The Morgan fingerprint density at radius 1 is 1.26 bits per heavy atom. The number of nitrogens with zero attached hydrogens (tertiary/aromatic N) is 2. The molecule has 1 aliphatic rings. The molecule has 0 spiro atoms. The van der Waals surface area contributed by atoms with Crippen molar-refractivity contribution in [2.24, 2.45) is 11.1 Å². The average Bonchev–Trinajstić information content (AvgIpc) is 3.56. The van der Waals surface area contributed by atoms with E-state index in [0.717, 1.165) is 24.8 Å². The standard InChI is InChI=1S/C20H18Cl2F3N3O3/c1-30-28-17(11-2-3-11)9-26-18(29)13-6-14(12-4-5-15(21)16(22)7-12)19(27-8-13)31-10-20(23,24)25/h4-8,11H,2-3,9-10H2,1H3,(H,26,29)/b28-17-. The van der Waals surface area contributed by atoms with E-state index in [9.17, 15) is 18.0 Å². The first-order valence-corrected chi connectivity index (χ1v) is 9.96. The zero-order valence-electron chi connectivity index (χ0n) is 16.3. The van der Waals surface area contributed by atoms with Gasteiger partial charge in [-0.3, -0.25) is 4.79 Å². The smallest absolute Gasteiger partial charge is 0.422 e. The predicted molar refractivity (Wildman–Crippen MR) is 111 cm³/mol. The summed E-state index contributed by atoms with van der Waals surface area (Å²) in [5.74, 6) is -0.476. The molecule has 11 heteroatoms. The summed E-state index contributed by atoms with van der Waals surface area (Å²) in [5, 5.41) is 7.12. The summed E-state index contributed by atoms with van der Waals surface area (Å²) < 4.78 is 42.7. The van der Waals surface area contributed by atoms with Gasteiger partial charge in [-0.05, 0) is 36.6 Å². The highest BCUT2D eigenvalue weighted by atomic mass is 35.5.